The molecule has 0 saturated heterocycles. The number of benzene rings is 1. The van der Waals surface area contributed by atoms with Crippen LogP contribution in [0.4, 0.5) is 0 Å². The molecule has 0 aliphatic heterocycles. The summed E-state index contributed by atoms with van der Waals surface area (Å²) in [5.74, 6) is 5.04. The van der Waals surface area contributed by atoms with Gasteiger partial charge in [0.15, 0.2) is 0 Å². The van der Waals surface area contributed by atoms with Crippen molar-refractivity contribution in [1.29, 1.82) is 0 Å². The molecule has 0 amide bonds. The van der Waals surface area contributed by atoms with E-state index in [0.29, 0.717) is 26.6 Å². The number of hydrogen-bond donors (Lipinski definition) is 4. The minimum absolute atomic E-state index is 0.178. The van der Waals surface area contributed by atoms with E-state index in [0.717, 1.165) is 0 Å². The summed E-state index contributed by atoms with van der Waals surface area (Å²) < 4.78 is 0. The van der Waals surface area contributed by atoms with Crippen LogP contribution < -0.4 is 17.0 Å². The van der Waals surface area contributed by atoms with Crippen molar-refractivity contribution >= 4 is 34.1 Å². The molecule has 118 valence electrons. The highest BCUT2D eigenvalue weighted by molar-refractivity contribution is 6.45. The van der Waals surface area contributed by atoms with Crippen LogP contribution in [0.25, 0.3) is 10.9 Å². The fraction of sp³-hybridized carbons (Fsp3) is 0.267. The predicted molar refractivity (Wildman–Crippen MR) is 90.1 cm³/mol. The molecule has 0 aliphatic rings. The van der Waals surface area contributed by atoms with E-state index in [2.05, 4.69) is 10.4 Å². The first-order chi connectivity index (χ1) is 10.3. The second-order valence-electron chi connectivity index (χ2n) is 5.31. The average Bonchev–Trinajstić information content (AvgIpc) is 2.49. The van der Waals surface area contributed by atoms with Crippen LogP contribution in [-0.2, 0) is 5.60 Å². The topological polar surface area (TPSA) is 97.2 Å². The van der Waals surface area contributed by atoms with Crippen molar-refractivity contribution in [3.63, 3.8) is 0 Å². The Balaban J connectivity index is 2.66. The fourth-order valence-corrected chi connectivity index (χ4v) is 2.72. The van der Waals surface area contributed by atoms with Gasteiger partial charge in [0.2, 0.25) is 0 Å². The largest absolute Gasteiger partial charge is 0.398 e. The van der Waals surface area contributed by atoms with Gasteiger partial charge < -0.3 is 16.3 Å². The number of nitrogens with one attached hydrogen (secondary N) is 1. The maximum absolute atomic E-state index is 11.0. The van der Waals surface area contributed by atoms with Gasteiger partial charge in [-0.3, -0.25) is 5.84 Å². The standard InChI is InChI=1S/C15H18Cl2N4O/c1-8(2)15(22,12(18)7-20-19)13-6-3-9-11(21-13)5-4-10(16)14(9)17/h3-8,20,22H,18-19H2,1-2H3/b12-7-. The van der Waals surface area contributed by atoms with Crippen molar-refractivity contribution in [2.75, 3.05) is 0 Å². The molecule has 1 unspecified atom stereocenters. The monoisotopic (exact) mass is 340 g/mol. The Bertz CT molecular complexity index is 733. The molecule has 1 aromatic carbocycles. The number of hydrogen-bond acceptors (Lipinski definition) is 5. The van der Waals surface area contributed by atoms with Crippen LogP contribution in [0.3, 0.4) is 0 Å². The van der Waals surface area contributed by atoms with Crippen LogP contribution in [0.1, 0.15) is 19.5 Å². The van der Waals surface area contributed by atoms with E-state index in [1.807, 2.05) is 13.8 Å². The van der Waals surface area contributed by atoms with Crippen molar-refractivity contribution in [3.8, 4) is 0 Å². The third-order valence-electron chi connectivity index (χ3n) is 3.66. The molecule has 0 aliphatic carbocycles. The molecule has 6 N–H and O–H groups in total. The lowest BCUT2D eigenvalue weighted by molar-refractivity contribution is 0.0216. The van der Waals surface area contributed by atoms with Gasteiger partial charge in [0, 0.05) is 11.6 Å². The van der Waals surface area contributed by atoms with E-state index < -0.39 is 5.60 Å². The van der Waals surface area contributed by atoms with Crippen LogP contribution in [0.5, 0.6) is 0 Å². The summed E-state index contributed by atoms with van der Waals surface area (Å²) in [5.41, 5.74) is 8.08. The minimum Gasteiger partial charge on any atom is -0.398 e. The lowest BCUT2D eigenvalue weighted by atomic mass is 9.83. The molecule has 0 saturated carbocycles. The Hall–Kier alpha value is -1.53. The zero-order valence-corrected chi connectivity index (χ0v) is 13.8. The summed E-state index contributed by atoms with van der Waals surface area (Å²) in [5, 5.41) is 12.6. The molecule has 0 radical (unpaired) electrons. The lowest BCUT2D eigenvalue weighted by Gasteiger charge is -2.32. The number of fused-ring (bicyclic) bond motifs is 1. The number of halogens is 2. The molecule has 1 heterocycles. The van der Waals surface area contributed by atoms with E-state index in [-0.39, 0.29) is 11.6 Å². The Kier molecular flexibility index (Phi) is 4.82. The van der Waals surface area contributed by atoms with E-state index in [4.69, 9.17) is 34.8 Å². The SMILES string of the molecule is CC(C)C(O)(/C(N)=C/NN)c1ccc2c(Cl)c(Cl)ccc2n1. The third-order valence-corrected chi connectivity index (χ3v) is 4.48. The van der Waals surface area contributed by atoms with Gasteiger partial charge in [-0.05, 0) is 30.2 Å². The van der Waals surface area contributed by atoms with Gasteiger partial charge in [-0.2, -0.15) is 0 Å². The van der Waals surface area contributed by atoms with Crippen LogP contribution >= 0.6 is 23.2 Å². The second-order valence-corrected chi connectivity index (χ2v) is 6.10. The molecule has 1 aromatic heterocycles. The number of nitrogens with zero attached hydrogens (tertiary/aromatic N) is 1. The highest BCUT2D eigenvalue weighted by Gasteiger charge is 2.37. The van der Waals surface area contributed by atoms with Gasteiger partial charge in [0.05, 0.1) is 27.0 Å². The Morgan fingerprint density at radius 2 is 2.00 bits per heavy atom. The number of aliphatic hydroxyl groups is 1. The highest BCUT2D eigenvalue weighted by atomic mass is 35.5. The molecule has 0 fully saturated rings. The zero-order valence-electron chi connectivity index (χ0n) is 12.3. The van der Waals surface area contributed by atoms with E-state index in [1.165, 1.54) is 6.20 Å². The maximum atomic E-state index is 11.0. The van der Waals surface area contributed by atoms with Gasteiger partial charge in [-0.1, -0.05) is 37.0 Å². The van der Waals surface area contributed by atoms with Crippen LogP contribution in [0, 0.1) is 5.92 Å². The Labute approximate surface area is 138 Å². The van der Waals surface area contributed by atoms with Crippen LogP contribution in [0.15, 0.2) is 36.2 Å². The molecule has 2 rings (SSSR count). The molecule has 0 bridgehead atoms. The molecule has 0 spiro atoms. The third kappa shape index (κ3) is 2.73. The van der Waals surface area contributed by atoms with Crippen molar-refractivity contribution in [2.45, 2.75) is 19.4 Å². The number of aromatic nitrogens is 1. The Morgan fingerprint density at radius 1 is 1.32 bits per heavy atom. The van der Waals surface area contributed by atoms with Gasteiger partial charge in [0.1, 0.15) is 5.60 Å². The van der Waals surface area contributed by atoms with E-state index in [9.17, 15) is 5.11 Å². The van der Waals surface area contributed by atoms with Crippen molar-refractivity contribution in [3.05, 3.63) is 51.9 Å². The zero-order chi connectivity index (χ0) is 16.5. The molecular weight excluding hydrogens is 323 g/mol. The fourth-order valence-electron chi connectivity index (χ4n) is 2.33. The van der Waals surface area contributed by atoms with Gasteiger partial charge >= 0.3 is 0 Å². The van der Waals surface area contributed by atoms with Crippen LogP contribution in [-0.4, -0.2) is 10.1 Å². The lowest BCUT2D eigenvalue weighted by Crippen LogP contribution is -2.40. The summed E-state index contributed by atoms with van der Waals surface area (Å²) in [4.78, 5) is 4.49. The second kappa shape index (κ2) is 6.30. The maximum Gasteiger partial charge on any atom is 0.149 e. The van der Waals surface area contributed by atoms with Crippen molar-refractivity contribution < 1.29 is 5.11 Å². The number of pyridine rings is 1. The van der Waals surface area contributed by atoms with Crippen LogP contribution in [0.2, 0.25) is 10.0 Å². The minimum atomic E-state index is -1.45. The first-order valence-corrected chi connectivity index (χ1v) is 7.47. The molecule has 5 nitrogen and oxygen atoms in total. The van der Waals surface area contributed by atoms with Gasteiger partial charge in [0.25, 0.3) is 0 Å². The van der Waals surface area contributed by atoms with Crippen molar-refractivity contribution in [1.82, 2.24) is 10.4 Å². The summed E-state index contributed by atoms with van der Waals surface area (Å²) in [7, 11) is 0. The Morgan fingerprint density at radius 3 is 2.59 bits per heavy atom. The molecule has 2 aromatic rings. The summed E-state index contributed by atoms with van der Waals surface area (Å²) in [6.45, 7) is 3.69. The average molecular weight is 341 g/mol. The first-order valence-electron chi connectivity index (χ1n) is 6.72. The summed E-state index contributed by atoms with van der Waals surface area (Å²) in [6.07, 6.45) is 1.35. The molecule has 1 atom stereocenters. The molecule has 22 heavy (non-hydrogen) atoms. The number of rotatable bonds is 4. The first kappa shape index (κ1) is 16.8. The quantitative estimate of drug-likeness (QED) is 0.506. The summed E-state index contributed by atoms with van der Waals surface area (Å²) in [6, 6.07) is 6.86. The number of nitrogens with two attached hydrogens (primary N) is 2. The summed E-state index contributed by atoms with van der Waals surface area (Å²) >= 11 is 12.2. The van der Waals surface area contributed by atoms with E-state index >= 15 is 0 Å². The number of hydrazine groups is 1. The normalized spacial score (nSPS) is 15.1. The molecule has 7 heteroatoms. The van der Waals surface area contributed by atoms with Gasteiger partial charge in [-0.25, -0.2) is 4.98 Å². The van der Waals surface area contributed by atoms with E-state index in [1.54, 1.807) is 24.3 Å². The van der Waals surface area contributed by atoms with Crippen molar-refractivity contribution in [2.24, 2.45) is 17.5 Å². The predicted octanol–water partition coefficient (Wildman–Crippen LogP) is 2.65. The highest BCUT2D eigenvalue weighted by Crippen LogP contribution is 2.36. The van der Waals surface area contributed by atoms with Gasteiger partial charge in [-0.15, -0.1) is 0 Å². The smallest absolute Gasteiger partial charge is 0.149 e. The molecular formula is C15H18Cl2N4O.